The molecule has 2 unspecified atom stereocenters. The zero-order chi connectivity index (χ0) is 12.3. The van der Waals surface area contributed by atoms with Crippen molar-refractivity contribution in [3.05, 3.63) is 30.1 Å². The Morgan fingerprint density at radius 3 is 2.56 bits per heavy atom. The van der Waals surface area contributed by atoms with Gasteiger partial charge in [-0.25, -0.2) is 4.39 Å². The summed E-state index contributed by atoms with van der Waals surface area (Å²) in [5.41, 5.74) is 5.85. The molecule has 0 aliphatic heterocycles. The van der Waals surface area contributed by atoms with Crippen LogP contribution in [0.25, 0.3) is 0 Å². The van der Waals surface area contributed by atoms with E-state index in [0.717, 1.165) is 0 Å². The Morgan fingerprint density at radius 2 is 2.06 bits per heavy atom. The third-order valence-electron chi connectivity index (χ3n) is 2.50. The lowest BCUT2D eigenvalue weighted by atomic mass is 9.89. The number of halogens is 1. The van der Waals surface area contributed by atoms with E-state index in [4.69, 9.17) is 5.73 Å². The molecular formula is C12H18FNOS. The molecule has 0 fully saturated rings. The van der Waals surface area contributed by atoms with Crippen molar-refractivity contribution in [1.82, 2.24) is 0 Å². The summed E-state index contributed by atoms with van der Waals surface area (Å²) in [6, 6.07) is 5.69. The minimum atomic E-state index is -1.24. The van der Waals surface area contributed by atoms with Gasteiger partial charge in [0.25, 0.3) is 0 Å². The molecule has 0 heterocycles. The minimum absolute atomic E-state index is 0.0943. The Hall–Kier alpha value is -0.740. The summed E-state index contributed by atoms with van der Waals surface area (Å²) in [4.78, 5) is 0.500. The van der Waals surface area contributed by atoms with Crippen molar-refractivity contribution in [2.75, 3.05) is 5.75 Å². The molecule has 2 atom stereocenters. The number of nitrogens with two attached hydrogens (primary N) is 1. The van der Waals surface area contributed by atoms with E-state index < -0.39 is 10.8 Å². The molecule has 1 aromatic carbocycles. The summed E-state index contributed by atoms with van der Waals surface area (Å²) in [5.74, 6) is -0.0115. The topological polar surface area (TPSA) is 43.1 Å². The average molecular weight is 243 g/mol. The zero-order valence-corrected chi connectivity index (χ0v) is 10.7. The summed E-state index contributed by atoms with van der Waals surface area (Å²) < 4.78 is 24.9. The second-order valence-electron chi connectivity index (χ2n) is 4.94. The minimum Gasteiger partial charge on any atom is -0.326 e. The number of benzene rings is 1. The molecule has 2 nitrogen and oxygen atoms in total. The van der Waals surface area contributed by atoms with Crippen LogP contribution in [0.15, 0.2) is 29.2 Å². The molecule has 4 heteroatoms. The highest BCUT2D eigenvalue weighted by atomic mass is 32.2. The van der Waals surface area contributed by atoms with Crippen molar-refractivity contribution in [3.63, 3.8) is 0 Å². The van der Waals surface area contributed by atoms with Gasteiger partial charge in [-0.3, -0.25) is 4.21 Å². The van der Waals surface area contributed by atoms with E-state index in [1.807, 2.05) is 20.8 Å². The van der Waals surface area contributed by atoms with Crippen molar-refractivity contribution in [1.29, 1.82) is 0 Å². The van der Waals surface area contributed by atoms with E-state index in [1.165, 1.54) is 12.1 Å². The number of rotatable bonds is 3. The first-order chi connectivity index (χ1) is 7.30. The monoisotopic (exact) mass is 243 g/mol. The van der Waals surface area contributed by atoms with Crippen LogP contribution in [-0.4, -0.2) is 16.0 Å². The molecule has 2 N–H and O–H groups in total. The molecule has 0 radical (unpaired) electrons. The van der Waals surface area contributed by atoms with Gasteiger partial charge in [0.1, 0.15) is 5.82 Å². The Kier molecular flexibility index (Phi) is 4.21. The second-order valence-corrected chi connectivity index (χ2v) is 6.44. The number of hydrogen-bond donors (Lipinski definition) is 1. The third kappa shape index (κ3) is 3.68. The van der Waals surface area contributed by atoms with E-state index in [0.29, 0.717) is 10.6 Å². The molecule has 0 aliphatic rings. The molecule has 0 amide bonds. The van der Waals surface area contributed by atoms with Crippen molar-refractivity contribution < 1.29 is 8.60 Å². The Morgan fingerprint density at radius 1 is 1.44 bits per heavy atom. The van der Waals surface area contributed by atoms with Crippen LogP contribution >= 0.6 is 0 Å². The fourth-order valence-corrected chi connectivity index (χ4v) is 2.61. The molecule has 0 aliphatic carbocycles. The van der Waals surface area contributed by atoms with Gasteiger partial charge in [0.15, 0.2) is 0 Å². The summed E-state index contributed by atoms with van der Waals surface area (Å²) in [5, 5.41) is 0. The van der Waals surface area contributed by atoms with Crippen LogP contribution in [0.4, 0.5) is 4.39 Å². The normalized spacial score (nSPS) is 15.8. The Bertz CT molecular complexity index is 387. The first-order valence-electron chi connectivity index (χ1n) is 5.20. The average Bonchev–Trinajstić information content (AvgIpc) is 2.16. The van der Waals surface area contributed by atoms with E-state index in [1.54, 1.807) is 12.1 Å². The maximum Gasteiger partial charge on any atom is 0.124 e. The molecular weight excluding hydrogens is 225 g/mol. The summed E-state index contributed by atoms with van der Waals surface area (Å²) in [6.45, 7) is 6.00. The lowest BCUT2D eigenvalue weighted by Gasteiger charge is -2.26. The van der Waals surface area contributed by atoms with Gasteiger partial charge in [-0.05, 0) is 23.6 Å². The van der Waals surface area contributed by atoms with Crippen molar-refractivity contribution in [2.45, 2.75) is 31.7 Å². The highest BCUT2D eigenvalue weighted by molar-refractivity contribution is 7.85. The maximum atomic E-state index is 12.9. The Labute approximate surface area is 98.5 Å². The first-order valence-corrected chi connectivity index (χ1v) is 6.52. The van der Waals surface area contributed by atoms with Crippen molar-refractivity contribution in [2.24, 2.45) is 11.1 Å². The summed E-state index contributed by atoms with van der Waals surface area (Å²) >= 11 is 0. The van der Waals surface area contributed by atoms with Crippen LogP contribution in [0, 0.1) is 11.2 Å². The predicted octanol–water partition coefficient (Wildman–Crippen LogP) is 2.31. The van der Waals surface area contributed by atoms with Crippen molar-refractivity contribution >= 4 is 10.8 Å². The van der Waals surface area contributed by atoms with Gasteiger partial charge in [-0.15, -0.1) is 0 Å². The molecule has 0 bridgehead atoms. The fourth-order valence-electron chi connectivity index (χ4n) is 1.12. The Balaban J connectivity index is 2.74. The molecule has 0 saturated heterocycles. The SMILES string of the molecule is CC(C)(C)C(N)CS(=O)c1cccc(F)c1. The predicted molar refractivity (Wildman–Crippen MR) is 65.1 cm³/mol. The molecule has 0 spiro atoms. The van der Waals surface area contributed by atoms with E-state index in [9.17, 15) is 8.60 Å². The van der Waals surface area contributed by atoms with Gasteiger partial charge >= 0.3 is 0 Å². The number of hydrogen-bond acceptors (Lipinski definition) is 2. The third-order valence-corrected chi connectivity index (χ3v) is 3.94. The highest BCUT2D eigenvalue weighted by Gasteiger charge is 2.23. The maximum absolute atomic E-state index is 12.9. The quantitative estimate of drug-likeness (QED) is 0.885. The van der Waals surface area contributed by atoms with Gasteiger partial charge in [-0.2, -0.15) is 0 Å². The first kappa shape index (κ1) is 13.3. The van der Waals surface area contributed by atoms with Gasteiger partial charge in [0.2, 0.25) is 0 Å². The smallest absolute Gasteiger partial charge is 0.124 e. The van der Waals surface area contributed by atoms with Crippen LogP contribution in [0.3, 0.4) is 0 Å². The van der Waals surface area contributed by atoms with Crippen LogP contribution in [-0.2, 0) is 10.8 Å². The highest BCUT2D eigenvalue weighted by Crippen LogP contribution is 2.20. The molecule has 0 aromatic heterocycles. The largest absolute Gasteiger partial charge is 0.326 e. The zero-order valence-electron chi connectivity index (χ0n) is 9.87. The lowest BCUT2D eigenvalue weighted by molar-refractivity contribution is 0.342. The van der Waals surface area contributed by atoms with Crippen molar-refractivity contribution in [3.8, 4) is 0 Å². The van der Waals surface area contributed by atoms with E-state index in [-0.39, 0.29) is 17.3 Å². The molecule has 1 aromatic rings. The lowest BCUT2D eigenvalue weighted by Crippen LogP contribution is -2.39. The summed E-state index contributed by atoms with van der Waals surface area (Å²) in [7, 11) is -1.24. The van der Waals surface area contributed by atoms with Crippen LogP contribution in [0.1, 0.15) is 20.8 Å². The van der Waals surface area contributed by atoms with Crippen LogP contribution in [0.2, 0.25) is 0 Å². The molecule has 1 rings (SSSR count). The van der Waals surface area contributed by atoms with Gasteiger partial charge in [-0.1, -0.05) is 26.8 Å². The van der Waals surface area contributed by atoms with Gasteiger partial charge < -0.3 is 5.73 Å². The van der Waals surface area contributed by atoms with Gasteiger partial charge in [0.05, 0.1) is 10.8 Å². The second kappa shape index (κ2) is 5.06. The van der Waals surface area contributed by atoms with Crippen LogP contribution in [0.5, 0.6) is 0 Å². The molecule has 0 saturated carbocycles. The molecule has 16 heavy (non-hydrogen) atoms. The van der Waals surface area contributed by atoms with Gasteiger partial charge in [0, 0.05) is 16.7 Å². The summed E-state index contributed by atoms with van der Waals surface area (Å²) in [6.07, 6.45) is 0. The van der Waals surface area contributed by atoms with E-state index >= 15 is 0 Å². The fraction of sp³-hybridized carbons (Fsp3) is 0.500. The standard InChI is InChI=1S/C12H18FNOS/c1-12(2,3)11(14)8-16(15)10-6-4-5-9(13)7-10/h4-7,11H,8,14H2,1-3H3. The molecule has 90 valence electrons. The van der Waals surface area contributed by atoms with E-state index in [2.05, 4.69) is 0 Å². The van der Waals surface area contributed by atoms with Crippen LogP contribution < -0.4 is 5.73 Å².